The average molecular weight is 346 g/mol. The minimum absolute atomic E-state index is 0.0227. The van der Waals surface area contributed by atoms with Crippen molar-refractivity contribution in [2.75, 3.05) is 6.61 Å². The summed E-state index contributed by atoms with van der Waals surface area (Å²) in [6.45, 7) is 1.80. The molecule has 2 fully saturated rings. The molecule has 0 amide bonds. The monoisotopic (exact) mass is 346 g/mol. The Morgan fingerprint density at radius 3 is 2.92 bits per heavy atom. The molecule has 0 unspecified atom stereocenters. The van der Waals surface area contributed by atoms with E-state index in [4.69, 9.17) is 4.42 Å². The molecule has 25 heavy (non-hydrogen) atoms. The van der Waals surface area contributed by atoms with Crippen molar-refractivity contribution in [1.82, 2.24) is 0 Å². The molecule has 1 aromatic rings. The number of hydrogen-bond donors (Lipinski definition) is 3. The molecular weight excluding hydrogens is 320 g/mol. The second-order valence-electron chi connectivity index (χ2n) is 8.31. The van der Waals surface area contributed by atoms with Crippen LogP contribution in [0, 0.1) is 17.3 Å². The lowest BCUT2D eigenvalue weighted by molar-refractivity contribution is -0.0473. The third-order valence-electron chi connectivity index (χ3n) is 6.97. The summed E-state index contributed by atoms with van der Waals surface area (Å²) in [5, 5.41) is 31.2. The number of ketones is 1. The molecule has 136 valence electrons. The number of fused-ring (bicyclic) bond motifs is 2. The number of aliphatic hydroxyl groups excluding tert-OH is 2. The summed E-state index contributed by atoms with van der Waals surface area (Å²) in [5.41, 5.74) is 0.318. The van der Waals surface area contributed by atoms with E-state index in [9.17, 15) is 20.1 Å². The van der Waals surface area contributed by atoms with E-state index in [-0.39, 0.29) is 29.6 Å². The lowest BCUT2D eigenvalue weighted by atomic mass is 9.62. The van der Waals surface area contributed by atoms with Gasteiger partial charge in [-0.3, -0.25) is 4.79 Å². The largest absolute Gasteiger partial charge is 0.465 e. The van der Waals surface area contributed by atoms with Gasteiger partial charge in [0.25, 0.3) is 0 Å². The number of rotatable bonds is 1. The van der Waals surface area contributed by atoms with Crippen LogP contribution in [-0.4, -0.2) is 33.3 Å². The Balaban J connectivity index is 1.77. The molecule has 1 aromatic heterocycles. The second kappa shape index (κ2) is 5.79. The van der Waals surface area contributed by atoms with Gasteiger partial charge in [0.15, 0.2) is 5.78 Å². The fourth-order valence-electron chi connectivity index (χ4n) is 5.80. The minimum atomic E-state index is -1.04. The highest BCUT2D eigenvalue weighted by molar-refractivity contribution is 5.97. The maximum atomic E-state index is 12.7. The van der Waals surface area contributed by atoms with Crippen molar-refractivity contribution in [3.63, 3.8) is 0 Å². The normalized spacial score (nSPS) is 43.1. The predicted octanol–water partition coefficient (Wildman–Crippen LogP) is 2.77. The quantitative estimate of drug-likeness (QED) is 0.680. The Bertz CT molecular complexity index is 719. The third kappa shape index (κ3) is 2.52. The first-order valence-electron chi connectivity index (χ1n) is 9.19. The minimum Gasteiger partial charge on any atom is -0.465 e. The molecule has 3 aliphatic carbocycles. The Morgan fingerprint density at radius 2 is 2.16 bits per heavy atom. The number of carbonyl (C=O) groups excluding carboxylic acids is 1. The summed E-state index contributed by atoms with van der Waals surface area (Å²) in [6.07, 6.45) is 6.53. The Labute approximate surface area is 147 Å². The van der Waals surface area contributed by atoms with Crippen LogP contribution in [0.4, 0.5) is 0 Å². The van der Waals surface area contributed by atoms with Gasteiger partial charge in [0.05, 0.1) is 24.0 Å². The van der Waals surface area contributed by atoms with Gasteiger partial charge in [0, 0.05) is 6.42 Å². The maximum Gasteiger partial charge on any atom is 0.166 e. The molecule has 5 atom stereocenters. The molecule has 1 spiro atoms. The van der Waals surface area contributed by atoms with Crippen molar-refractivity contribution in [2.45, 2.75) is 57.2 Å². The molecule has 0 aliphatic heterocycles. The van der Waals surface area contributed by atoms with Gasteiger partial charge in [-0.1, -0.05) is 5.57 Å². The molecule has 1 heterocycles. The summed E-state index contributed by atoms with van der Waals surface area (Å²) in [5.74, 6) is 0.606. The predicted molar refractivity (Wildman–Crippen MR) is 90.9 cm³/mol. The summed E-state index contributed by atoms with van der Waals surface area (Å²) in [4.78, 5) is 12.7. The van der Waals surface area contributed by atoms with E-state index in [0.29, 0.717) is 30.6 Å². The fraction of sp³-hybridized carbons (Fsp3) is 0.650. The molecular formula is C20H26O5. The smallest absolute Gasteiger partial charge is 0.166 e. The van der Waals surface area contributed by atoms with Gasteiger partial charge in [-0.15, -0.1) is 0 Å². The van der Waals surface area contributed by atoms with Gasteiger partial charge in [0.1, 0.15) is 11.9 Å². The van der Waals surface area contributed by atoms with Crippen molar-refractivity contribution >= 4 is 5.78 Å². The average Bonchev–Trinajstić information content (AvgIpc) is 3.15. The highest BCUT2D eigenvalue weighted by atomic mass is 16.4. The molecule has 2 bridgehead atoms. The highest BCUT2D eigenvalue weighted by Gasteiger charge is 2.59. The van der Waals surface area contributed by atoms with E-state index in [1.165, 1.54) is 6.26 Å². The highest BCUT2D eigenvalue weighted by Crippen LogP contribution is 2.62. The molecule has 5 heteroatoms. The maximum absolute atomic E-state index is 12.7. The topological polar surface area (TPSA) is 90.9 Å². The van der Waals surface area contributed by atoms with E-state index in [1.807, 2.05) is 6.92 Å². The van der Waals surface area contributed by atoms with Gasteiger partial charge >= 0.3 is 0 Å². The van der Waals surface area contributed by atoms with Crippen molar-refractivity contribution in [1.29, 1.82) is 0 Å². The van der Waals surface area contributed by atoms with Crippen molar-refractivity contribution in [3.8, 4) is 0 Å². The van der Waals surface area contributed by atoms with Crippen LogP contribution in [0.3, 0.4) is 0 Å². The number of carbonyl (C=O) groups is 1. The molecule has 4 rings (SSSR count). The van der Waals surface area contributed by atoms with Crippen LogP contribution in [0.25, 0.3) is 0 Å². The summed E-state index contributed by atoms with van der Waals surface area (Å²) >= 11 is 0. The standard InChI is InChI=1S/C20H26O5/c1-12-8-17(23)18-14(5-7-25-18)16(22)4-6-19-9-13(2-3-15(12)19)20(24,10-19)11-21/h5,7-8,13,15,17,21,23-24H,2-4,6,9-11H2,1H3/b12-8-/t13-,15+,17-,19+,20+/m1/s1. The third-order valence-corrected chi connectivity index (χ3v) is 6.97. The Morgan fingerprint density at radius 1 is 1.36 bits per heavy atom. The number of hydrogen-bond acceptors (Lipinski definition) is 5. The molecule has 3 N–H and O–H groups in total. The van der Waals surface area contributed by atoms with E-state index in [0.717, 1.165) is 24.8 Å². The first-order valence-corrected chi connectivity index (χ1v) is 9.19. The van der Waals surface area contributed by atoms with Gasteiger partial charge in [-0.05, 0) is 68.4 Å². The van der Waals surface area contributed by atoms with Crippen LogP contribution >= 0.6 is 0 Å². The number of furan rings is 1. The van der Waals surface area contributed by atoms with E-state index >= 15 is 0 Å². The lowest BCUT2D eigenvalue weighted by Gasteiger charge is -2.42. The van der Waals surface area contributed by atoms with Crippen LogP contribution in [0.2, 0.25) is 0 Å². The van der Waals surface area contributed by atoms with Crippen molar-refractivity contribution in [2.24, 2.45) is 17.3 Å². The van der Waals surface area contributed by atoms with E-state index in [1.54, 1.807) is 12.1 Å². The molecule has 2 saturated carbocycles. The molecule has 3 aliphatic rings. The molecule has 0 saturated heterocycles. The van der Waals surface area contributed by atoms with E-state index < -0.39 is 11.7 Å². The van der Waals surface area contributed by atoms with Gasteiger partial charge < -0.3 is 19.7 Å². The fourth-order valence-corrected chi connectivity index (χ4v) is 5.80. The van der Waals surface area contributed by atoms with Crippen LogP contribution in [0.5, 0.6) is 0 Å². The van der Waals surface area contributed by atoms with Gasteiger partial charge in [-0.25, -0.2) is 0 Å². The zero-order valence-electron chi connectivity index (χ0n) is 14.6. The van der Waals surface area contributed by atoms with E-state index in [2.05, 4.69) is 0 Å². The van der Waals surface area contributed by atoms with Crippen LogP contribution in [0.15, 0.2) is 28.4 Å². The van der Waals surface area contributed by atoms with Crippen LogP contribution in [-0.2, 0) is 0 Å². The number of Topliss-reactive ketones (excluding diaryl/α,β-unsaturated/α-hetero) is 1. The summed E-state index contributed by atoms with van der Waals surface area (Å²) in [7, 11) is 0. The van der Waals surface area contributed by atoms with Crippen molar-refractivity contribution in [3.05, 3.63) is 35.3 Å². The van der Waals surface area contributed by atoms with Crippen LogP contribution < -0.4 is 0 Å². The first-order chi connectivity index (χ1) is 11.9. The van der Waals surface area contributed by atoms with Gasteiger partial charge in [-0.2, -0.15) is 0 Å². The van der Waals surface area contributed by atoms with Crippen LogP contribution in [0.1, 0.15) is 67.7 Å². The molecule has 0 aromatic carbocycles. The van der Waals surface area contributed by atoms with Gasteiger partial charge in [0.2, 0.25) is 0 Å². The number of aliphatic hydroxyl groups is 3. The SMILES string of the molecule is C/C1=C/[C@@H](O)c2occc2C(=O)CC[C@@]23C[C@@H](CC[C@@H]12)[C@@](O)(CO)C3. The first kappa shape index (κ1) is 17.0. The Kier molecular flexibility index (Phi) is 3.94. The zero-order valence-corrected chi connectivity index (χ0v) is 14.6. The van der Waals surface area contributed by atoms with Crippen molar-refractivity contribution < 1.29 is 24.5 Å². The molecule has 5 nitrogen and oxygen atoms in total. The Hall–Kier alpha value is -1.43. The second-order valence-corrected chi connectivity index (χ2v) is 8.31. The summed E-state index contributed by atoms with van der Waals surface area (Å²) in [6, 6.07) is 1.63. The summed E-state index contributed by atoms with van der Waals surface area (Å²) < 4.78 is 5.38. The molecule has 0 radical (unpaired) electrons. The zero-order chi connectivity index (χ0) is 17.8. The number of allylic oxidation sites excluding steroid dienone is 1. The lowest BCUT2D eigenvalue weighted by Crippen LogP contribution is -2.37.